The van der Waals surface area contributed by atoms with Crippen LogP contribution in [0.5, 0.6) is 0 Å². The maximum atomic E-state index is 10.6. The van der Waals surface area contributed by atoms with Crippen LogP contribution >= 0.6 is 0 Å². The molecule has 1 saturated heterocycles. The van der Waals surface area contributed by atoms with Crippen molar-refractivity contribution in [2.24, 2.45) is 5.92 Å². The standard InChI is InChI=1S/C7H10O3/c8-3-1-6-2-4-10-7(9)5-6/h3,6H,1-2,4-5H2. The first-order valence-corrected chi connectivity index (χ1v) is 3.42. The lowest BCUT2D eigenvalue weighted by Gasteiger charge is -2.18. The highest BCUT2D eigenvalue weighted by Gasteiger charge is 2.19. The predicted molar refractivity (Wildman–Crippen MR) is 34.4 cm³/mol. The topological polar surface area (TPSA) is 43.4 Å². The molecule has 0 bridgehead atoms. The van der Waals surface area contributed by atoms with E-state index < -0.39 is 0 Å². The molecule has 1 rings (SSSR count). The van der Waals surface area contributed by atoms with Gasteiger partial charge in [-0.05, 0) is 12.3 Å². The monoisotopic (exact) mass is 142 g/mol. The van der Waals surface area contributed by atoms with Gasteiger partial charge in [0.1, 0.15) is 6.29 Å². The van der Waals surface area contributed by atoms with Gasteiger partial charge in [-0.3, -0.25) is 4.79 Å². The van der Waals surface area contributed by atoms with Crippen molar-refractivity contribution in [2.75, 3.05) is 6.61 Å². The van der Waals surface area contributed by atoms with Gasteiger partial charge in [0.2, 0.25) is 0 Å². The van der Waals surface area contributed by atoms with E-state index in [1.54, 1.807) is 0 Å². The van der Waals surface area contributed by atoms with Crippen LogP contribution in [0.4, 0.5) is 0 Å². The molecular weight excluding hydrogens is 132 g/mol. The summed E-state index contributed by atoms with van der Waals surface area (Å²) in [6.45, 7) is 0.483. The molecule has 3 heteroatoms. The number of ether oxygens (including phenoxy) is 1. The Morgan fingerprint density at radius 2 is 2.50 bits per heavy atom. The van der Waals surface area contributed by atoms with Gasteiger partial charge in [0.15, 0.2) is 0 Å². The van der Waals surface area contributed by atoms with Crippen molar-refractivity contribution in [1.29, 1.82) is 0 Å². The van der Waals surface area contributed by atoms with E-state index in [1.807, 2.05) is 0 Å². The fourth-order valence-electron chi connectivity index (χ4n) is 1.07. The molecule has 56 valence electrons. The summed E-state index contributed by atoms with van der Waals surface area (Å²) >= 11 is 0. The Morgan fingerprint density at radius 1 is 1.70 bits per heavy atom. The number of rotatable bonds is 2. The smallest absolute Gasteiger partial charge is 0.306 e. The number of carbonyl (C=O) groups is 2. The summed E-state index contributed by atoms with van der Waals surface area (Å²) in [5.74, 6) is 0.0665. The van der Waals surface area contributed by atoms with E-state index in [0.29, 0.717) is 19.4 Å². The lowest BCUT2D eigenvalue weighted by molar-refractivity contribution is -0.149. The van der Waals surface area contributed by atoms with Crippen LogP contribution < -0.4 is 0 Å². The number of hydrogen-bond donors (Lipinski definition) is 0. The highest BCUT2D eigenvalue weighted by atomic mass is 16.5. The van der Waals surface area contributed by atoms with Crippen LogP contribution in [0, 0.1) is 5.92 Å². The highest BCUT2D eigenvalue weighted by Crippen LogP contribution is 2.17. The zero-order valence-corrected chi connectivity index (χ0v) is 5.71. The Bertz CT molecular complexity index is 142. The van der Waals surface area contributed by atoms with Gasteiger partial charge >= 0.3 is 5.97 Å². The molecule has 10 heavy (non-hydrogen) atoms. The van der Waals surface area contributed by atoms with Crippen LogP contribution in [0.25, 0.3) is 0 Å². The summed E-state index contributed by atoms with van der Waals surface area (Å²) < 4.78 is 4.70. The molecule has 0 spiro atoms. The molecular formula is C7H10O3. The maximum absolute atomic E-state index is 10.6. The zero-order valence-electron chi connectivity index (χ0n) is 5.71. The molecule has 3 nitrogen and oxygen atoms in total. The average molecular weight is 142 g/mol. The Labute approximate surface area is 59.4 Å². The molecule has 0 aliphatic carbocycles. The van der Waals surface area contributed by atoms with E-state index in [4.69, 9.17) is 4.74 Å². The summed E-state index contributed by atoms with van der Waals surface area (Å²) in [5, 5.41) is 0. The van der Waals surface area contributed by atoms with Crippen molar-refractivity contribution in [3.8, 4) is 0 Å². The number of aldehydes is 1. The molecule has 0 aromatic rings. The average Bonchev–Trinajstić information content (AvgIpc) is 1.88. The second kappa shape index (κ2) is 3.34. The molecule has 0 N–H and O–H groups in total. The van der Waals surface area contributed by atoms with E-state index in [2.05, 4.69) is 0 Å². The van der Waals surface area contributed by atoms with E-state index in [9.17, 15) is 9.59 Å². The molecule has 1 aliphatic heterocycles. The summed E-state index contributed by atoms with van der Waals surface area (Å²) in [7, 11) is 0. The molecule has 0 aromatic carbocycles. The van der Waals surface area contributed by atoms with Crippen molar-refractivity contribution in [3.63, 3.8) is 0 Å². The summed E-state index contributed by atoms with van der Waals surface area (Å²) in [6.07, 6.45) is 2.61. The number of carbonyl (C=O) groups excluding carboxylic acids is 2. The minimum Gasteiger partial charge on any atom is -0.466 e. The van der Waals surface area contributed by atoms with Gasteiger partial charge in [0.25, 0.3) is 0 Å². The molecule has 0 saturated carbocycles. The molecule has 1 heterocycles. The third-order valence-electron chi connectivity index (χ3n) is 1.67. The van der Waals surface area contributed by atoms with Crippen molar-refractivity contribution in [3.05, 3.63) is 0 Å². The number of esters is 1. The molecule has 1 unspecified atom stereocenters. The maximum Gasteiger partial charge on any atom is 0.306 e. The van der Waals surface area contributed by atoms with Crippen LogP contribution in [0.3, 0.4) is 0 Å². The van der Waals surface area contributed by atoms with Crippen LogP contribution in [0.15, 0.2) is 0 Å². The highest BCUT2D eigenvalue weighted by molar-refractivity contribution is 5.70. The van der Waals surface area contributed by atoms with Gasteiger partial charge in [-0.15, -0.1) is 0 Å². The summed E-state index contributed by atoms with van der Waals surface area (Å²) in [6, 6.07) is 0. The second-order valence-corrected chi connectivity index (χ2v) is 2.48. The number of cyclic esters (lactones) is 1. The fourth-order valence-corrected chi connectivity index (χ4v) is 1.07. The normalized spacial score (nSPS) is 25.6. The van der Waals surface area contributed by atoms with Gasteiger partial charge in [-0.1, -0.05) is 0 Å². The molecule has 1 fully saturated rings. The summed E-state index contributed by atoms with van der Waals surface area (Å²) in [4.78, 5) is 20.6. The van der Waals surface area contributed by atoms with Crippen LogP contribution in [0.1, 0.15) is 19.3 Å². The fraction of sp³-hybridized carbons (Fsp3) is 0.714. The van der Waals surface area contributed by atoms with Gasteiger partial charge in [0.05, 0.1) is 6.61 Å². The lowest BCUT2D eigenvalue weighted by atomic mass is 9.97. The van der Waals surface area contributed by atoms with Crippen molar-refractivity contribution in [2.45, 2.75) is 19.3 Å². The first kappa shape index (κ1) is 7.25. The Kier molecular flexibility index (Phi) is 2.42. The zero-order chi connectivity index (χ0) is 7.40. The van der Waals surface area contributed by atoms with Gasteiger partial charge in [0, 0.05) is 12.8 Å². The molecule has 0 radical (unpaired) electrons. The van der Waals surface area contributed by atoms with Gasteiger partial charge in [-0.25, -0.2) is 0 Å². The largest absolute Gasteiger partial charge is 0.466 e. The first-order chi connectivity index (χ1) is 4.83. The Balaban J connectivity index is 2.31. The second-order valence-electron chi connectivity index (χ2n) is 2.48. The Morgan fingerprint density at radius 3 is 3.10 bits per heavy atom. The third-order valence-corrected chi connectivity index (χ3v) is 1.67. The molecule has 0 aromatic heterocycles. The minimum absolute atomic E-state index is 0.168. The number of hydrogen-bond acceptors (Lipinski definition) is 3. The summed E-state index contributed by atoms with van der Waals surface area (Å²) in [5.41, 5.74) is 0. The van der Waals surface area contributed by atoms with E-state index in [-0.39, 0.29) is 11.9 Å². The lowest BCUT2D eigenvalue weighted by Crippen LogP contribution is -2.20. The van der Waals surface area contributed by atoms with Crippen molar-refractivity contribution >= 4 is 12.3 Å². The predicted octanol–water partition coefficient (Wildman–Crippen LogP) is 0.529. The first-order valence-electron chi connectivity index (χ1n) is 3.42. The SMILES string of the molecule is O=CCC1CCOC(=O)C1. The third kappa shape index (κ3) is 1.83. The molecule has 0 amide bonds. The van der Waals surface area contributed by atoms with Crippen molar-refractivity contribution in [1.82, 2.24) is 0 Å². The van der Waals surface area contributed by atoms with Gasteiger partial charge in [-0.2, -0.15) is 0 Å². The van der Waals surface area contributed by atoms with Crippen LogP contribution in [-0.2, 0) is 14.3 Å². The van der Waals surface area contributed by atoms with E-state index >= 15 is 0 Å². The quantitative estimate of drug-likeness (QED) is 0.417. The Hall–Kier alpha value is -0.860. The van der Waals surface area contributed by atoms with Gasteiger partial charge < -0.3 is 9.53 Å². The molecule has 1 atom stereocenters. The van der Waals surface area contributed by atoms with Crippen molar-refractivity contribution < 1.29 is 14.3 Å². The van der Waals surface area contributed by atoms with Crippen LogP contribution in [-0.4, -0.2) is 18.9 Å². The van der Waals surface area contributed by atoms with E-state index in [0.717, 1.165) is 12.7 Å². The van der Waals surface area contributed by atoms with E-state index in [1.165, 1.54) is 0 Å². The molecule has 1 aliphatic rings. The minimum atomic E-state index is -0.168. The van der Waals surface area contributed by atoms with Crippen LogP contribution in [0.2, 0.25) is 0 Å².